The first-order valence-corrected chi connectivity index (χ1v) is 10.9. The topological polar surface area (TPSA) is 73.6 Å². The number of benzene rings is 2. The van der Waals surface area contributed by atoms with Gasteiger partial charge in [-0.2, -0.15) is 0 Å². The van der Waals surface area contributed by atoms with E-state index in [1.807, 2.05) is 53.1 Å². The highest BCUT2D eigenvalue weighted by molar-refractivity contribution is 9.10. The lowest BCUT2D eigenvalue weighted by molar-refractivity contribution is -0.138. The van der Waals surface area contributed by atoms with Crippen molar-refractivity contribution in [3.63, 3.8) is 0 Å². The van der Waals surface area contributed by atoms with E-state index in [1.54, 1.807) is 18.3 Å². The molecular weight excluding hydrogens is 454 g/mol. The minimum absolute atomic E-state index is 0.154. The van der Waals surface area contributed by atoms with E-state index in [4.69, 9.17) is 9.72 Å². The van der Waals surface area contributed by atoms with Crippen LogP contribution in [0.3, 0.4) is 0 Å². The second-order valence-electron chi connectivity index (χ2n) is 6.23. The van der Waals surface area contributed by atoms with E-state index in [-0.39, 0.29) is 5.94 Å². The third-order valence-corrected chi connectivity index (χ3v) is 5.94. The molecule has 8 heteroatoms. The quantitative estimate of drug-likeness (QED) is 0.403. The third-order valence-electron chi connectivity index (χ3n) is 4.28. The van der Waals surface area contributed by atoms with Gasteiger partial charge in [-0.1, -0.05) is 40.2 Å². The van der Waals surface area contributed by atoms with Gasteiger partial charge < -0.3 is 4.74 Å². The number of esters is 1. The standard InChI is InChI=1S/C21H16BrN3O3S/c1-14(26)28-13-29(27)18-9-5-16(6-10-18)20-19(15-3-7-17(22)8-4-15)24-21-23-11-2-12-25(20)21/h2-12H,13H2,1H3. The Hall–Kier alpha value is -2.84. The number of hydrogen-bond donors (Lipinski definition) is 0. The summed E-state index contributed by atoms with van der Waals surface area (Å²) in [6.07, 6.45) is 3.62. The van der Waals surface area contributed by atoms with Crippen LogP contribution in [-0.4, -0.2) is 30.5 Å². The van der Waals surface area contributed by atoms with Crippen LogP contribution < -0.4 is 0 Å². The lowest BCUT2D eigenvalue weighted by Crippen LogP contribution is -2.06. The minimum Gasteiger partial charge on any atom is -0.452 e. The Bertz CT molecular complexity index is 1200. The molecule has 0 saturated heterocycles. The maximum absolute atomic E-state index is 12.3. The fraction of sp³-hybridized carbons (Fsp3) is 0.0952. The molecule has 0 bridgehead atoms. The number of imidazole rings is 1. The molecule has 0 saturated carbocycles. The van der Waals surface area contributed by atoms with Crippen molar-refractivity contribution in [3.05, 3.63) is 71.5 Å². The predicted molar refractivity (Wildman–Crippen MR) is 115 cm³/mol. The number of carbonyl (C=O) groups excluding carboxylic acids is 1. The van der Waals surface area contributed by atoms with Crippen molar-refractivity contribution in [2.45, 2.75) is 11.8 Å². The van der Waals surface area contributed by atoms with Gasteiger partial charge in [0.2, 0.25) is 5.78 Å². The Balaban J connectivity index is 1.77. The van der Waals surface area contributed by atoms with Gasteiger partial charge in [0.15, 0.2) is 5.94 Å². The van der Waals surface area contributed by atoms with Gasteiger partial charge in [-0.25, -0.2) is 9.97 Å². The van der Waals surface area contributed by atoms with Gasteiger partial charge in [-0.15, -0.1) is 0 Å². The average Bonchev–Trinajstić information content (AvgIpc) is 3.12. The molecule has 2 aromatic carbocycles. The summed E-state index contributed by atoms with van der Waals surface area (Å²) in [6, 6.07) is 17.1. The second kappa shape index (κ2) is 8.26. The van der Waals surface area contributed by atoms with E-state index >= 15 is 0 Å². The number of carbonyl (C=O) groups is 1. The molecule has 0 radical (unpaired) electrons. The van der Waals surface area contributed by atoms with Crippen molar-refractivity contribution in [1.29, 1.82) is 0 Å². The summed E-state index contributed by atoms with van der Waals surface area (Å²) in [4.78, 5) is 20.6. The molecule has 4 rings (SSSR count). The van der Waals surface area contributed by atoms with E-state index in [0.717, 1.165) is 27.0 Å². The summed E-state index contributed by atoms with van der Waals surface area (Å²) >= 11 is 3.46. The summed E-state index contributed by atoms with van der Waals surface area (Å²) in [5.74, 6) is -0.00601. The van der Waals surface area contributed by atoms with Crippen LogP contribution in [0.5, 0.6) is 0 Å². The molecule has 0 aliphatic rings. The van der Waals surface area contributed by atoms with Crippen LogP contribution >= 0.6 is 15.9 Å². The average molecular weight is 470 g/mol. The molecule has 146 valence electrons. The van der Waals surface area contributed by atoms with Gasteiger partial charge in [0.1, 0.15) is 0 Å². The zero-order chi connectivity index (χ0) is 20.4. The van der Waals surface area contributed by atoms with E-state index < -0.39 is 16.8 Å². The molecule has 1 atom stereocenters. The highest BCUT2D eigenvalue weighted by Crippen LogP contribution is 2.33. The van der Waals surface area contributed by atoms with E-state index in [9.17, 15) is 9.00 Å². The summed E-state index contributed by atoms with van der Waals surface area (Å²) in [7, 11) is -1.41. The van der Waals surface area contributed by atoms with Gasteiger partial charge in [-0.3, -0.25) is 13.4 Å². The summed E-state index contributed by atoms with van der Waals surface area (Å²) < 4.78 is 20.0. The monoisotopic (exact) mass is 469 g/mol. The molecule has 6 nitrogen and oxygen atoms in total. The van der Waals surface area contributed by atoms with Crippen molar-refractivity contribution in [2.24, 2.45) is 0 Å². The van der Waals surface area contributed by atoms with E-state index in [1.165, 1.54) is 6.92 Å². The summed E-state index contributed by atoms with van der Waals surface area (Å²) in [6.45, 7) is 1.29. The largest absolute Gasteiger partial charge is 0.452 e. The molecule has 0 N–H and O–H groups in total. The van der Waals surface area contributed by atoms with Crippen molar-refractivity contribution in [1.82, 2.24) is 14.4 Å². The maximum atomic E-state index is 12.3. The fourth-order valence-electron chi connectivity index (χ4n) is 2.94. The Morgan fingerprint density at radius 1 is 1.10 bits per heavy atom. The highest BCUT2D eigenvalue weighted by Gasteiger charge is 2.17. The first-order chi connectivity index (χ1) is 14.0. The Morgan fingerprint density at radius 2 is 1.79 bits per heavy atom. The molecule has 0 aliphatic heterocycles. The summed E-state index contributed by atoms with van der Waals surface area (Å²) in [5, 5.41) is 0. The number of hydrogen-bond acceptors (Lipinski definition) is 5. The third kappa shape index (κ3) is 4.13. The van der Waals surface area contributed by atoms with Crippen LogP contribution in [0.1, 0.15) is 6.92 Å². The van der Waals surface area contributed by atoms with E-state index in [0.29, 0.717) is 10.7 Å². The maximum Gasteiger partial charge on any atom is 0.303 e. The second-order valence-corrected chi connectivity index (χ2v) is 8.54. The first-order valence-electron chi connectivity index (χ1n) is 8.74. The van der Waals surface area contributed by atoms with E-state index in [2.05, 4.69) is 20.9 Å². The fourth-order valence-corrected chi connectivity index (χ4v) is 4.05. The number of ether oxygens (including phenoxy) is 1. The van der Waals surface area contributed by atoms with Crippen LogP contribution in [0.4, 0.5) is 0 Å². The SMILES string of the molecule is CC(=O)OCS(=O)c1ccc(-c2c(-c3ccc(Br)cc3)nc3ncccn23)cc1. The van der Waals surface area contributed by atoms with Crippen LogP contribution in [0.15, 0.2) is 76.4 Å². The predicted octanol–water partition coefficient (Wildman–Crippen LogP) is 4.45. The van der Waals surface area contributed by atoms with Gasteiger partial charge in [0.05, 0.1) is 22.2 Å². The first kappa shape index (κ1) is 19.5. The van der Waals surface area contributed by atoms with Crippen molar-refractivity contribution in [3.8, 4) is 22.5 Å². The van der Waals surface area contributed by atoms with Crippen molar-refractivity contribution >= 4 is 38.5 Å². The molecule has 2 aromatic heterocycles. The van der Waals surface area contributed by atoms with Gasteiger partial charge in [0, 0.05) is 39.8 Å². The summed E-state index contributed by atoms with van der Waals surface area (Å²) in [5.41, 5.74) is 3.59. The smallest absolute Gasteiger partial charge is 0.303 e. The molecule has 4 aromatic rings. The molecule has 29 heavy (non-hydrogen) atoms. The molecule has 1 unspecified atom stereocenters. The van der Waals surface area contributed by atoms with Crippen LogP contribution in [0, 0.1) is 0 Å². The highest BCUT2D eigenvalue weighted by atomic mass is 79.9. The number of halogens is 1. The number of fused-ring (bicyclic) bond motifs is 1. The lowest BCUT2D eigenvalue weighted by atomic mass is 10.1. The van der Waals surface area contributed by atoms with Crippen molar-refractivity contribution < 1.29 is 13.7 Å². The van der Waals surface area contributed by atoms with Crippen LogP contribution in [-0.2, 0) is 20.3 Å². The molecule has 2 heterocycles. The van der Waals surface area contributed by atoms with Crippen molar-refractivity contribution in [2.75, 3.05) is 5.94 Å². The molecule has 0 amide bonds. The molecular formula is C21H16BrN3O3S. The number of nitrogens with zero attached hydrogens (tertiary/aromatic N) is 3. The van der Waals surface area contributed by atoms with Crippen LogP contribution in [0.25, 0.3) is 28.3 Å². The molecule has 0 spiro atoms. The minimum atomic E-state index is -1.41. The van der Waals surface area contributed by atoms with Gasteiger partial charge in [-0.05, 0) is 30.3 Å². The van der Waals surface area contributed by atoms with Gasteiger partial charge >= 0.3 is 5.97 Å². The normalized spacial score (nSPS) is 12.1. The number of aromatic nitrogens is 3. The number of rotatable bonds is 5. The Morgan fingerprint density at radius 3 is 2.48 bits per heavy atom. The van der Waals surface area contributed by atoms with Gasteiger partial charge in [0.25, 0.3) is 0 Å². The Kier molecular flexibility index (Phi) is 5.55. The zero-order valence-corrected chi connectivity index (χ0v) is 17.8. The molecule has 0 fully saturated rings. The lowest BCUT2D eigenvalue weighted by Gasteiger charge is -2.08. The Labute approximate surface area is 178 Å². The van der Waals surface area contributed by atoms with Crippen LogP contribution in [0.2, 0.25) is 0 Å². The zero-order valence-electron chi connectivity index (χ0n) is 15.4. The molecule has 0 aliphatic carbocycles.